The average molecular weight is 629 g/mol. The number of amides is 1. The summed E-state index contributed by atoms with van der Waals surface area (Å²) in [5.74, 6) is -0.479. The lowest BCUT2D eigenvalue weighted by Gasteiger charge is -2.29. The molecule has 0 spiro atoms. The lowest BCUT2D eigenvalue weighted by Crippen LogP contribution is -2.38. The smallest absolute Gasteiger partial charge is 0.433 e. The quantitative estimate of drug-likeness (QED) is 0.190. The van der Waals surface area contributed by atoms with Crippen molar-refractivity contribution < 1.29 is 27.1 Å². The molecule has 0 aliphatic carbocycles. The molecule has 4 heterocycles. The minimum Gasteiger partial charge on any atom is -0.492 e. The molecule has 1 aliphatic rings. The van der Waals surface area contributed by atoms with Crippen LogP contribution in [0.5, 0.6) is 5.75 Å². The first-order valence-electron chi connectivity index (χ1n) is 14.5. The van der Waals surface area contributed by atoms with Crippen LogP contribution in [0.25, 0.3) is 27.5 Å². The topological polar surface area (TPSA) is 77.3 Å². The minimum atomic E-state index is -4.58. The second kappa shape index (κ2) is 12.9. The third-order valence-corrected chi connectivity index (χ3v) is 8.20. The molecule has 1 aromatic carbocycles. The summed E-state index contributed by atoms with van der Waals surface area (Å²) < 4.78 is 61.0. The largest absolute Gasteiger partial charge is 0.492 e. The number of halogens is 4. The number of ether oxygens (including phenoxy) is 1. The van der Waals surface area contributed by atoms with Gasteiger partial charge in [-0.3, -0.25) is 19.1 Å². The van der Waals surface area contributed by atoms with Crippen LogP contribution in [-0.2, 0) is 12.6 Å². The van der Waals surface area contributed by atoms with E-state index in [2.05, 4.69) is 9.97 Å². The first kappa shape index (κ1) is 31.4. The summed E-state index contributed by atoms with van der Waals surface area (Å²) in [5, 5.41) is 1.88. The molecular formula is C32H32F4N4O3S. The first-order valence-corrected chi connectivity index (χ1v) is 15.4. The maximum atomic E-state index is 14.7. The van der Waals surface area contributed by atoms with Crippen molar-refractivity contribution in [3.05, 3.63) is 81.1 Å². The molecule has 0 saturated carbocycles. The number of alkyl halides is 3. The van der Waals surface area contributed by atoms with E-state index in [-0.39, 0.29) is 40.4 Å². The summed E-state index contributed by atoms with van der Waals surface area (Å²) in [6.45, 7) is 7.15. The fourth-order valence-corrected chi connectivity index (χ4v) is 6.12. The summed E-state index contributed by atoms with van der Waals surface area (Å²) in [7, 11) is 0. The first-order chi connectivity index (χ1) is 21.0. The molecule has 0 radical (unpaired) electrons. The number of benzene rings is 1. The Labute approximate surface area is 256 Å². The highest BCUT2D eigenvalue weighted by Crippen LogP contribution is 2.34. The third-order valence-electron chi connectivity index (χ3n) is 7.32. The van der Waals surface area contributed by atoms with Crippen molar-refractivity contribution in [2.75, 3.05) is 19.7 Å². The maximum Gasteiger partial charge on any atom is 0.433 e. The van der Waals surface area contributed by atoms with Gasteiger partial charge in [0.1, 0.15) is 22.3 Å². The van der Waals surface area contributed by atoms with Gasteiger partial charge in [-0.15, -0.1) is 11.3 Å². The van der Waals surface area contributed by atoms with Crippen LogP contribution < -0.4 is 10.3 Å². The molecule has 0 bridgehead atoms. The van der Waals surface area contributed by atoms with Crippen molar-refractivity contribution in [2.45, 2.75) is 52.6 Å². The lowest BCUT2D eigenvalue weighted by molar-refractivity contribution is -0.141. The van der Waals surface area contributed by atoms with Crippen LogP contribution in [0.1, 0.15) is 61.8 Å². The number of nitrogens with zero attached hydrogens (tertiary/aromatic N) is 4. The van der Waals surface area contributed by atoms with Gasteiger partial charge in [-0.05, 0) is 68.9 Å². The molecule has 1 saturated heterocycles. The summed E-state index contributed by atoms with van der Waals surface area (Å²) in [6.07, 6.45) is -0.385. The van der Waals surface area contributed by atoms with Crippen molar-refractivity contribution in [2.24, 2.45) is 5.92 Å². The monoisotopic (exact) mass is 628 g/mol. The molecule has 1 fully saturated rings. The van der Waals surface area contributed by atoms with Crippen LogP contribution in [0.2, 0.25) is 0 Å². The van der Waals surface area contributed by atoms with Gasteiger partial charge < -0.3 is 9.64 Å². The maximum absolute atomic E-state index is 14.7. The van der Waals surface area contributed by atoms with Gasteiger partial charge in [-0.1, -0.05) is 13.8 Å². The molecule has 12 heteroatoms. The molecule has 4 aromatic rings. The van der Waals surface area contributed by atoms with Gasteiger partial charge in [0.15, 0.2) is 0 Å². The number of rotatable bonds is 8. The Morgan fingerprint density at radius 3 is 2.48 bits per heavy atom. The molecule has 1 amide bonds. The third kappa shape index (κ3) is 6.54. The zero-order valence-corrected chi connectivity index (χ0v) is 25.4. The number of piperidine rings is 1. The minimum absolute atomic E-state index is 0.0437. The van der Waals surface area contributed by atoms with Crippen molar-refractivity contribution >= 4 is 17.2 Å². The normalized spacial score (nSPS) is 13.9. The molecule has 0 N–H and O–H groups in total. The van der Waals surface area contributed by atoms with Crippen LogP contribution in [-0.4, -0.2) is 45.0 Å². The Kier molecular flexibility index (Phi) is 9.19. The lowest BCUT2D eigenvalue weighted by atomic mass is 9.98. The van der Waals surface area contributed by atoms with E-state index in [0.29, 0.717) is 42.0 Å². The Hall–Kier alpha value is -4.06. The molecule has 1 aliphatic heterocycles. The number of thiazole rings is 1. The fourth-order valence-electron chi connectivity index (χ4n) is 5.29. The predicted octanol–water partition coefficient (Wildman–Crippen LogP) is 7.40. The van der Waals surface area contributed by atoms with Gasteiger partial charge in [-0.2, -0.15) is 13.2 Å². The molecule has 5 rings (SSSR count). The highest BCUT2D eigenvalue weighted by atomic mass is 32.1. The predicted molar refractivity (Wildman–Crippen MR) is 161 cm³/mol. The van der Waals surface area contributed by atoms with Gasteiger partial charge in [0, 0.05) is 42.0 Å². The number of aromatic nitrogens is 3. The standard InChI is InChI=1S/C32H32F4N4O3S/c1-4-43-27-10-9-21(33)15-26(27)40-25(14-19(2)3)22(30(41)39-12-6-5-7-13-39)16-23(31(40)42)29-38-24(18-44-29)20-8-11-28(37-17-20)32(34,35)36/h8-11,15-19H,4-7,12-14H2,1-3H3. The molecule has 3 aromatic heterocycles. The van der Waals surface area contributed by atoms with Gasteiger partial charge in [0.05, 0.1) is 29.1 Å². The Morgan fingerprint density at radius 2 is 1.84 bits per heavy atom. The van der Waals surface area contributed by atoms with Gasteiger partial charge in [0.25, 0.3) is 11.5 Å². The van der Waals surface area contributed by atoms with E-state index in [0.717, 1.165) is 42.9 Å². The van der Waals surface area contributed by atoms with Crippen LogP contribution in [0.3, 0.4) is 0 Å². The summed E-state index contributed by atoms with van der Waals surface area (Å²) in [6, 6.07) is 7.62. The highest BCUT2D eigenvalue weighted by molar-refractivity contribution is 7.13. The number of hydrogen-bond donors (Lipinski definition) is 0. The van der Waals surface area contributed by atoms with Gasteiger partial charge in [-0.25, -0.2) is 9.37 Å². The van der Waals surface area contributed by atoms with E-state index in [9.17, 15) is 27.2 Å². The van der Waals surface area contributed by atoms with E-state index in [4.69, 9.17) is 4.74 Å². The fraction of sp³-hybridized carbons (Fsp3) is 0.375. The van der Waals surface area contributed by atoms with Gasteiger partial charge >= 0.3 is 6.18 Å². The van der Waals surface area contributed by atoms with E-state index in [1.807, 2.05) is 13.8 Å². The Balaban J connectivity index is 1.73. The number of likely N-dealkylation sites (tertiary alicyclic amines) is 1. The highest BCUT2D eigenvalue weighted by Gasteiger charge is 2.32. The summed E-state index contributed by atoms with van der Waals surface area (Å²) in [5.41, 5.74) is 0.162. The van der Waals surface area contributed by atoms with Crippen LogP contribution in [0.15, 0.2) is 52.8 Å². The van der Waals surface area contributed by atoms with Crippen LogP contribution in [0.4, 0.5) is 17.6 Å². The molecule has 0 atom stereocenters. The number of pyridine rings is 2. The number of carbonyl (C=O) groups is 1. The SMILES string of the molecule is CCOc1ccc(F)cc1-n1c(CC(C)C)c(C(=O)N2CCCCC2)cc(-c2nc(-c3ccc(C(F)(F)F)nc3)cs2)c1=O. The summed E-state index contributed by atoms with van der Waals surface area (Å²) >= 11 is 1.11. The zero-order valence-electron chi connectivity index (χ0n) is 24.6. The molecular weight excluding hydrogens is 596 g/mol. The Bertz CT molecular complexity index is 1710. The van der Waals surface area contributed by atoms with Crippen molar-refractivity contribution in [1.29, 1.82) is 0 Å². The van der Waals surface area contributed by atoms with E-state index < -0.39 is 23.2 Å². The number of hydrogen-bond acceptors (Lipinski definition) is 6. The van der Waals surface area contributed by atoms with E-state index in [1.54, 1.807) is 23.3 Å². The molecule has 232 valence electrons. The number of carbonyl (C=O) groups excluding carboxylic acids is 1. The van der Waals surface area contributed by atoms with Crippen LogP contribution >= 0.6 is 11.3 Å². The van der Waals surface area contributed by atoms with Crippen molar-refractivity contribution in [1.82, 2.24) is 19.4 Å². The van der Waals surface area contributed by atoms with E-state index >= 15 is 0 Å². The van der Waals surface area contributed by atoms with Crippen molar-refractivity contribution in [3.63, 3.8) is 0 Å². The second-order valence-electron chi connectivity index (χ2n) is 11.0. The molecule has 7 nitrogen and oxygen atoms in total. The van der Waals surface area contributed by atoms with Crippen molar-refractivity contribution in [3.8, 4) is 33.3 Å². The summed E-state index contributed by atoms with van der Waals surface area (Å²) in [4.78, 5) is 38.3. The molecule has 44 heavy (non-hydrogen) atoms. The van der Waals surface area contributed by atoms with Crippen LogP contribution in [0, 0.1) is 11.7 Å². The van der Waals surface area contributed by atoms with E-state index in [1.165, 1.54) is 28.8 Å². The molecule has 0 unspecified atom stereocenters. The zero-order chi connectivity index (χ0) is 31.6. The average Bonchev–Trinajstić information content (AvgIpc) is 3.48. The second-order valence-corrected chi connectivity index (χ2v) is 11.9. The Morgan fingerprint density at radius 1 is 1.09 bits per heavy atom. The van der Waals surface area contributed by atoms with Gasteiger partial charge in [0.2, 0.25) is 0 Å².